The Morgan fingerprint density at radius 1 is 1.09 bits per heavy atom. The van der Waals surface area contributed by atoms with Crippen LogP contribution in [0.5, 0.6) is 0 Å². The highest BCUT2D eigenvalue weighted by Crippen LogP contribution is 2.20. The third kappa shape index (κ3) is 4.60. The SMILES string of the molecule is O=C(CCCc1c[nH]c2ccccc12)NC1CCCCCCC1. The summed E-state index contributed by atoms with van der Waals surface area (Å²) in [5.74, 6) is 0.232. The first kappa shape index (κ1) is 16.1. The van der Waals surface area contributed by atoms with Gasteiger partial charge in [-0.25, -0.2) is 0 Å². The van der Waals surface area contributed by atoms with E-state index in [4.69, 9.17) is 0 Å². The summed E-state index contributed by atoms with van der Waals surface area (Å²) in [6.45, 7) is 0. The van der Waals surface area contributed by atoms with Crippen molar-refractivity contribution >= 4 is 16.8 Å². The second kappa shape index (κ2) is 8.19. The summed E-state index contributed by atoms with van der Waals surface area (Å²) >= 11 is 0. The van der Waals surface area contributed by atoms with Gasteiger partial charge < -0.3 is 10.3 Å². The monoisotopic (exact) mass is 312 g/mol. The van der Waals surface area contributed by atoms with E-state index in [1.165, 1.54) is 48.6 Å². The largest absolute Gasteiger partial charge is 0.361 e. The van der Waals surface area contributed by atoms with Crippen molar-refractivity contribution in [3.05, 3.63) is 36.0 Å². The van der Waals surface area contributed by atoms with Gasteiger partial charge in [0.25, 0.3) is 0 Å². The smallest absolute Gasteiger partial charge is 0.220 e. The lowest BCUT2D eigenvalue weighted by molar-refractivity contribution is -0.122. The summed E-state index contributed by atoms with van der Waals surface area (Å²) in [7, 11) is 0. The molecule has 0 unspecified atom stereocenters. The molecule has 0 radical (unpaired) electrons. The van der Waals surface area contributed by atoms with Gasteiger partial charge >= 0.3 is 0 Å². The third-order valence-corrected chi connectivity index (χ3v) is 5.00. The van der Waals surface area contributed by atoms with Crippen molar-refractivity contribution in [2.45, 2.75) is 70.3 Å². The highest BCUT2D eigenvalue weighted by atomic mass is 16.1. The quantitative estimate of drug-likeness (QED) is 0.824. The van der Waals surface area contributed by atoms with Crippen molar-refractivity contribution in [1.82, 2.24) is 10.3 Å². The Labute approximate surface area is 138 Å². The van der Waals surface area contributed by atoms with Gasteiger partial charge in [0.15, 0.2) is 0 Å². The summed E-state index contributed by atoms with van der Waals surface area (Å²) < 4.78 is 0. The second-order valence-corrected chi connectivity index (χ2v) is 6.82. The fourth-order valence-electron chi connectivity index (χ4n) is 3.68. The van der Waals surface area contributed by atoms with E-state index in [9.17, 15) is 4.79 Å². The van der Waals surface area contributed by atoms with Crippen molar-refractivity contribution in [2.24, 2.45) is 0 Å². The number of hydrogen-bond acceptors (Lipinski definition) is 1. The van der Waals surface area contributed by atoms with E-state index in [0.29, 0.717) is 12.5 Å². The molecule has 3 rings (SSSR count). The van der Waals surface area contributed by atoms with Gasteiger partial charge in [-0.15, -0.1) is 0 Å². The van der Waals surface area contributed by atoms with Crippen LogP contribution in [-0.4, -0.2) is 16.9 Å². The van der Waals surface area contributed by atoms with Crippen molar-refractivity contribution in [1.29, 1.82) is 0 Å². The topological polar surface area (TPSA) is 44.9 Å². The molecule has 0 spiro atoms. The molecule has 1 aromatic carbocycles. The molecule has 1 aromatic heterocycles. The number of H-pyrrole nitrogens is 1. The molecule has 2 N–H and O–H groups in total. The first-order valence-corrected chi connectivity index (χ1v) is 9.17. The molecular weight excluding hydrogens is 284 g/mol. The number of aryl methyl sites for hydroxylation is 1. The van der Waals surface area contributed by atoms with Gasteiger partial charge in [0.1, 0.15) is 0 Å². The van der Waals surface area contributed by atoms with E-state index < -0.39 is 0 Å². The minimum atomic E-state index is 0.232. The van der Waals surface area contributed by atoms with Gasteiger partial charge in [0, 0.05) is 29.6 Å². The first-order valence-electron chi connectivity index (χ1n) is 9.17. The van der Waals surface area contributed by atoms with Crippen molar-refractivity contribution < 1.29 is 4.79 Å². The van der Waals surface area contributed by atoms with Gasteiger partial charge in [-0.1, -0.05) is 50.3 Å². The van der Waals surface area contributed by atoms with E-state index in [1.54, 1.807) is 0 Å². The van der Waals surface area contributed by atoms with Crippen LogP contribution in [0.1, 0.15) is 63.4 Å². The number of carbonyl (C=O) groups is 1. The fourth-order valence-corrected chi connectivity index (χ4v) is 3.68. The summed E-state index contributed by atoms with van der Waals surface area (Å²) in [6, 6.07) is 8.78. The molecule has 3 nitrogen and oxygen atoms in total. The molecule has 1 amide bonds. The van der Waals surface area contributed by atoms with Crippen LogP contribution in [0.3, 0.4) is 0 Å². The Morgan fingerprint density at radius 3 is 2.65 bits per heavy atom. The Balaban J connectivity index is 1.43. The molecule has 0 aliphatic heterocycles. The lowest BCUT2D eigenvalue weighted by Crippen LogP contribution is -2.35. The summed E-state index contributed by atoms with van der Waals surface area (Å²) in [6.07, 6.45) is 13.5. The maximum Gasteiger partial charge on any atom is 0.220 e. The zero-order valence-corrected chi connectivity index (χ0v) is 13.9. The lowest BCUT2D eigenvalue weighted by Gasteiger charge is -2.21. The molecule has 0 saturated heterocycles. The van der Waals surface area contributed by atoms with E-state index >= 15 is 0 Å². The van der Waals surface area contributed by atoms with Crippen LogP contribution in [-0.2, 0) is 11.2 Å². The number of aromatic nitrogens is 1. The molecule has 3 heteroatoms. The molecule has 1 fully saturated rings. The maximum atomic E-state index is 12.2. The first-order chi connectivity index (χ1) is 11.3. The van der Waals surface area contributed by atoms with Crippen molar-refractivity contribution in [3.63, 3.8) is 0 Å². The van der Waals surface area contributed by atoms with E-state index in [2.05, 4.69) is 34.7 Å². The van der Waals surface area contributed by atoms with Crippen LogP contribution in [0.25, 0.3) is 10.9 Å². The number of amides is 1. The molecule has 124 valence electrons. The predicted molar refractivity (Wildman–Crippen MR) is 95.5 cm³/mol. The van der Waals surface area contributed by atoms with Crippen LogP contribution in [0, 0.1) is 0 Å². The molecule has 1 heterocycles. The lowest BCUT2D eigenvalue weighted by atomic mass is 9.96. The van der Waals surface area contributed by atoms with Crippen LogP contribution in [0.15, 0.2) is 30.5 Å². The van der Waals surface area contributed by atoms with E-state index in [0.717, 1.165) is 25.7 Å². The number of nitrogens with one attached hydrogen (secondary N) is 2. The van der Waals surface area contributed by atoms with Crippen molar-refractivity contribution in [2.75, 3.05) is 0 Å². The van der Waals surface area contributed by atoms with Gasteiger partial charge in [0.05, 0.1) is 0 Å². The van der Waals surface area contributed by atoms with Gasteiger partial charge in [-0.2, -0.15) is 0 Å². The number of carbonyl (C=O) groups excluding carboxylic acids is 1. The molecule has 1 aliphatic carbocycles. The molecule has 1 aliphatic rings. The van der Waals surface area contributed by atoms with Crippen LogP contribution < -0.4 is 5.32 Å². The minimum absolute atomic E-state index is 0.232. The Kier molecular flexibility index (Phi) is 5.73. The molecule has 1 saturated carbocycles. The summed E-state index contributed by atoms with van der Waals surface area (Å²) in [5, 5.41) is 4.54. The zero-order valence-electron chi connectivity index (χ0n) is 13.9. The number of benzene rings is 1. The Morgan fingerprint density at radius 2 is 1.83 bits per heavy atom. The maximum absolute atomic E-state index is 12.2. The number of aromatic amines is 1. The molecule has 2 aromatic rings. The average molecular weight is 312 g/mol. The van der Waals surface area contributed by atoms with E-state index in [-0.39, 0.29) is 5.91 Å². The molecule has 0 atom stereocenters. The minimum Gasteiger partial charge on any atom is -0.361 e. The number of para-hydroxylation sites is 1. The highest BCUT2D eigenvalue weighted by Gasteiger charge is 2.14. The summed E-state index contributed by atoms with van der Waals surface area (Å²) in [5.41, 5.74) is 2.50. The molecular formula is C20H28N2O. The predicted octanol–water partition coefficient (Wildman–Crippen LogP) is 4.72. The zero-order chi connectivity index (χ0) is 15.9. The summed E-state index contributed by atoms with van der Waals surface area (Å²) in [4.78, 5) is 15.5. The average Bonchev–Trinajstić information content (AvgIpc) is 2.93. The Hall–Kier alpha value is -1.77. The van der Waals surface area contributed by atoms with Gasteiger partial charge in [0.2, 0.25) is 5.91 Å². The van der Waals surface area contributed by atoms with Crippen molar-refractivity contribution in [3.8, 4) is 0 Å². The molecule has 0 bridgehead atoms. The second-order valence-electron chi connectivity index (χ2n) is 6.82. The highest BCUT2D eigenvalue weighted by molar-refractivity contribution is 5.83. The fraction of sp³-hybridized carbons (Fsp3) is 0.550. The van der Waals surface area contributed by atoms with Crippen LogP contribution >= 0.6 is 0 Å². The van der Waals surface area contributed by atoms with E-state index in [1.807, 2.05) is 6.07 Å². The molecule has 23 heavy (non-hydrogen) atoms. The number of fused-ring (bicyclic) bond motifs is 1. The Bertz CT molecular complexity index is 623. The third-order valence-electron chi connectivity index (χ3n) is 5.00. The number of hydrogen-bond donors (Lipinski definition) is 2. The van der Waals surface area contributed by atoms with Crippen LogP contribution in [0.4, 0.5) is 0 Å². The van der Waals surface area contributed by atoms with Crippen LogP contribution in [0.2, 0.25) is 0 Å². The normalized spacial score (nSPS) is 16.9. The standard InChI is InChI=1S/C20H28N2O/c23-20(22-17-10-4-2-1-3-5-11-17)14-8-9-16-15-21-19-13-7-6-12-18(16)19/h6-7,12-13,15,17,21H,1-5,8-11,14H2,(H,22,23). The number of rotatable bonds is 5. The van der Waals surface area contributed by atoms with Gasteiger partial charge in [-0.3, -0.25) is 4.79 Å². The van der Waals surface area contributed by atoms with Gasteiger partial charge in [-0.05, 0) is 37.3 Å².